The first kappa shape index (κ1) is 9.19. The van der Waals surface area contributed by atoms with Gasteiger partial charge in [0.15, 0.2) is 0 Å². The van der Waals surface area contributed by atoms with Crippen molar-refractivity contribution in [3.05, 3.63) is 11.6 Å². The Balaban J connectivity index is 2.52. The predicted molar refractivity (Wildman–Crippen MR) is 47.7 cm³/mol. The summed E-state index contributed by atoms with van der Waals surface area (Å²) in [7, 11) is 0. The van der Waals surface area contributed by atoms with Crippen LogP contribution in [0.2, 0.25) is 0 Å². The summed E-state index contributed by atoms with van der Waals surface area (Å²) in [5, 5.41) is 6.95. The van der Waals surface area contributed by atoms with E-state index in [0.29, 0.717) is 12.5 Å². The fourth-order valence-electron chi connectivity index (χ4n) is 0.998. The minimum absolute atomic E-state index is 0.475. The van der Waals surface area contributed by atoms with Crippen LogP contribution in [0.1, 0.15) is 25.5 Å². The molecule has 0 fully saturated rings. The van der Waals surface area contributed by atoms with Crippen molar-refractivity contribution in [2.75, 3.05) is 6.54 Å². The summed E-state index contributed by atoms with van der Waals surface area (Å²) in [5.74, 6) is 2.31. The Kier molecular flexibility index (Phi) is 3.22. The molecular formula is C8H16N4. The lowest BCUT2D eigenvalue weighted by Crippen LogP contribution is -2.13. The standard InChI is InChI=1S/C8H16N4/c1-3-7-10-8(12-11-7)4-6(2)5-9/h6H,3-5,9H2,1-2H3,(H,10,11,12). The van der Waals surface area contributed by atoms with E-state index in [-0.39, 0.29) is 0 Å². The maximum atomic E-state index is 5.50. The van der Waals surface area contributed by atoms with E-state index in [9.17, 15) is 0 Å². The van der Waals surface area contributed by atoms with Crippen LogP contribution < -0.4 is 5.73 Å². The molecule has 0 bridgehead atoms. The molecule has 0 saturated carbocycles. The van der Waals surface area contributed by atoms with Gasteiger partial charge in [-0.1, -0.05) is 13.8 Å². The number of nitrogens with two attached hydrogens (primary N) is 1. The van der Waals surface area contributed by atoms with Crippen LogP contribution in [0.4, 0.5) is 0 Å². The van der Waals surface area contributed by atoms with Gasteiger partial charge in [0.2, 0.25) is 0 Å². The van der Waals surface area contributed by atoms with Crippen LogP contribution in [-0.4, -0.2) is 21.7 Å². The molecule has 1 heterocycles. The quantitative estimate of drug-likeness (QED) is 0.688. The molecule has 4 heteroatoms. The monoisotopic (exact) mass is 168 g/mol. The van der Waals surface area contributed by atoms with E-state index in [1.165, 1.54) is 0 Å². The van der Waals surface area contributed by atoms with Gasteiger partial charge in [-0.25, -0.2) is 4.98 Å². The predicted octanol–water partition coefficient (Wildman–Crippen LogP) is 0.504. The number of nitrogens with zero attached hydrogens (tertiary/aromatic N) is 2. The highest BCUT2D eigenvalue weighted by Crippen LogP contribution is 2.02. The van der Waals surface area contributed by atoms with E-state index >= 15 is 0 Å². The van der Waals surface area contributed by atoms with Gasteiger partial charge in [0.05, 0.1) is 0 Å². The molecule has 0 amide bonds. The van der Waals surface area contributed by atoms with Gasteiger partial charge < -0.3 is 5.73 Å². The third-order valence-corrected chi connectivity index (χ3v) is 1.84. The van der Waals surface area contributed by atoms with Gasteiger partial charge in [-0.05, 0) is 12.5 Å². The zero-order valence-corrected chi connectivity index (χ0v) is 7.67. The summed E-state index contributed by atoms with van der Waals surface area (Å²) in [5.41, 5.74) is 5.50. The molecule has 0 spiro atoms. The van der Waals surface area contributed by atoms with Crippen molar-refractivity contribution < 1.29 is 0 Å². The summed E-state index contributed by atoms with van der Waals surface area (Å²) < 4.78 is 0. The summed E-state index contributed by atoms with van der Waals surface area (Å²) >= 11 is 0. The highest BCUT2D eigenvalue weighted by molar-refractivity contribution is 4.90. The normalized spacial score (nSPS) is 13.2. The third-order valence-electron chi connectivity index (χ3n) is 1.84. The maximum absolute atomic E-state index is 5.50. The highest BCUT2D eigenvalue weighted by atomic mass is 15.2. The minimum atomic E-state index is 0.475. The third kappa shape index (κ3) is 2.30. The smallest absolute Gasteiger partial charge is 0.150 e. The van der Waals surface area contributed by atoms with Crippen LogP contribution in [0.3, 0.4) is 0 Å². The Labute approximate surface area is 72.6 Å². The van der Waals surface area contributed by atoms with Gasteiger partial charge in [0, 0.05) is 12.8 Å². The summed E-state index contributed by atoms with van der Waals surface area (Å²) in [4.78, 5) is 4.29. The number of aromatic amines is 1. The van der Waals surface area contributed by atoms with E-state index in [1.54, 1.807) is 0 Å². The molecule has 0 saturated heterocycles. The average molecular weight is 168 g/mol. The first-order valence-electron chi connectivity index (χ1n) is 4.36. The second-order valence-corrected chi connectivity index (χ2v) is 3.10. The lowest BCUT2D eigenvalue weighted by Gasteiger charge is -2.03. The Morgan fingerprint density at radius 3 is 2.83 bits per heavy atom. The molecule has 1 aromatic heterocycles. The number of nitrogens with one attached hydrogen (secondary N) is 1. The molecule has 1 aromatic rings. The molecule has 0 radical (unpaired) electrons. The van der Waals surface area contributed by atoms with Gasteiger partial charge in [-0.15, -0.1) is 0 Å². The van der Waals surface area contributed by atoms with Crippen LogP contribution in [0.25, 0.3) is 0 Å². The first-order valence-corrected chi connectivity index (χ1v) is 4.36. The van der Waals surface area contributed by atoms with Gasteiger partial charge in [-0.2, -0.15) is 5.10 Å². The molecule has 4 nitrogen and oxygen atoms in total. The fourth-order valence-corrected chi connectivity index (χ4v) is 0.998. The molecule has 0 aliphatic carbocycles. The fraction of sp³-hybridized carbons (Fsp3) is 0.750. The molecule has 0 aromatic carbocycles. The van der Waals surface area contributed by atoms with Crippen molar-refractivity contribution in [3.8, 4) is 0 Å². The van der Waals surface area contributed by atoms with Crippen LogP contribution in [-0.2, 0) is 12.8 Å². The zero-order valence-electron chi connectivity index (χ0n) is 7.67. The Bertz CT molecular complexity index is 231. The average Bonchev–Trinajstić information content (AvgIpc) is 2.52. The lowest BCUT2D eigenvalue weighted by atomic mass is 10.1. The maximum Gasteiger partial charge on any atom is 0.150 e. The van der Waals surface area contributed by atoms with Crippen molar-refractivity contribution >= 4 is 0 Å². The number of aryl methyl sites for hydroxylation is 1. The number of H-pyrrole nitrogens is 1. The molecule has 1 rings (SSSR count). The van der Waals surface area contributed by atoms with Gasteiger partial charge in [0.1, 0.15) is 11.6 Å². The van der Waals surface area contributed by atoms with Crippen LogP contribution >= 0.6 is 0 Å². The highest BCUT2D eigenvalue weighted by Gasteiger charge is 2.05. The molecule has 12 heavy (non-hydrogen) atoms. The SMILES string of the molecule is CCc1n[nH]c(CC(C)CN)n1. The zero-order chi connectivity index (χ0) is 8.97. The van der Waals surface area contributed by atoms with Crippen molar-refractivity contribution in [2.45, 2.75) is 26.7 Å². The topological polar surface area (TPSA) is 67.6 Å². The Morgan fingerprint density at radius 2 is 2.33 bits per heavy atom. The van der Waals surface area contributed by atoms with Gasteiger partial charge in [0.25, 0.3) is 0 Å². The number of aromatic nitrogens is 3. The van der Waals surface area contributed by atoms with Crippen LogP contribution in [0.15, 0.2) is 0 Å². The Morgan fingerprint density at radius 1 is 1.58 bits per heavy atom. The molecule has 0 aliphatic heterocycles. The summed E-state index contributed by atoms with van der Waals surface area (Å²) in [6.45, 7) is 4.84. The molecule has 0 aliphatic rings. The molecule has 1 unspecified atom stereocenters. The van der Waals surface area contributed by atoms with E-state index in [0.717, 1.165) is 24.5 Å². The van der Waals surface area contributed by atoms with E-state index in [1.807, 2.05) is 6.92 Å². The summed E-state index contributed by atoms with van der Waals surface area (Å²) in [6, 6.07) is 0. The second kappa shape index (κ2) is 4.21. The van der Waals surface area contributed by atoms with Gasteiger partial charge in [-0.3, -0.25) is 5.10 Å². The molecule has 68 valence electrons. The van der Waals surface area contributed by atoms with Crippen LogP contribution in [0, 0.1) is 5.92 Å². The molecular weight excluding hydrogens is 152 g/mol. The largest absolute Gasteiger partial charge is 0.330 e. The molecule has 3 N–H and O–H groups in total. The lowest BCUT2D eigenvalue weighted by molar-refractivity contribution is 0.574. The number of hydrogen-bond acceptors (Lipinski definition) is 3. The Hall–Kier alpha value is -0.900. The van der Waals surface area contributed by atoms with Crippen molar-refractivity contribution in [1.29, 1.82) is 0 Å². The van der Waals surface area contributed by atoms with Crippen LogP contribution in [0.5, 0.6) is 0 Å². The van der Waals surface area contributed by atoms with Gasteiger partial charge >= 0.3 is 0 Å². The first-order chi connectivity index (χ1) is 5.76. The van der Waals surface area contributed by atoms with Crippen molar-refractivity contribution in [3.63, 3.8) is 0 Å². The van der Waals surface area contributed by atoms with Crippen molar-refractivity contribution in [2.24, 2.45) is 11.7 Å². The van der Waals surface area contributed by atoms with E-state index in [2.05, 4.69) is 22.1 Å². The number of rotatable bonds is 4. The number of hydrogen-bond donors (Lipinski definition) is 2. The van der Waals surface area contributed by atoms with E-state index in [4.69, 9.17) is 5.73 Å². The summed E-state index contributed by atoms with van der Waals surface area (Å²) in [6.07, 6.45) is 1.77. The minimum Gasteiger partial charge on any atom is -0.330 e. The van der Waals surface area contributed by atoms with E-state index < -0.39 is 0 Å². The molecule has 1 atom stereocenters. The second-order valence-electron chi connectivity index (χ2n) is 3.10. The van der Waals surface area contributed by atoms with Crippen molar-refractivity contribution in [1.82, 2.24) is 15.2 Å².